The minimum Gasteiger partial charge on any atom is -0.321 e. The van der Waals surface area contributed by atoms with Gasteiger partial charge in [0.05, 0.1) is 5.56 Å². The fraction of sp³-hybridized carbons (Fsp3) is 0.0833. The molecule has 1 aromatic carbocycles. The Hall–Kier alpha value is -1.86. The zero-order valence-corrected chi connectivity index (χ0v) is 11.6. The first-order valence-corrected chi connectivity index (χ1v) is 6.19. The number of nitrogens with zero attached hydrogens (tertiary/aromatic N) is 2. The van der Waals surface area contributed by atoms with E-state index in [1.165, 1.54) is 18.2 Å². The molecule has 0 aliphatic rings. The number of amides is 1. The highest BCUT2D eigenvalue weighted by molar-refractivity contribution is 6.31. The quantitative estimate of drug-likeness (QED) is 0.900. The van der Waals surface area contributed by atoms with Crippen LogP contribution in [0.4, 0.5) is 18.9 Å². The normalized spacial score (nSPS) is 11.3. The largest absolute Gasteiger partial charge is 0.416 e. The summed E-state index contributed by atoms with van der Waals surface area (Å²) in [6.45, 7) is 0. The summed E-state index contributed by atoms with van der Waals surface area (Å²) in [5.41, 5.74) is -1.16. The summed E-state index contributed by atoms with van der Waals surface area (Å²) in [4.78, 5) is 11.8. The first kappa shape index (κ1) is 15.5. The molecule has 0 fully saturated rings. The SMILES string of the molecule is O=C(Nc1cc(Cl)cc(C(F)(F)F)c1)c1ccc(Cl)nn1. The molecule has 0 saturated carbocycles. The fourth-order valence-electron chi connectivity index (χ4n) is 1.46. The van der Waals surface area contributed by atoms with E-state index >= 15 is 0 Å². The molecule has 2 aromatic rings. The van der Waals surface area contributed by atoms with E-state index in [2.05, 4.69) is 15.5 Å². The summed E-state index contributed by atoms with van der Waals surface area (Å²) in [7, 11) is 0. The molecule has 4 nitrogen and oxygen atoms in total. The lowest BCUT2D eigenvalue weighted by molar-refractivity contribution is -0.137. The average molecular weight is 336 g/mol. The molecule has 0 spiro atoms. The Labute approximate surface area is 126 Å². The molecule has 1 heterocycles. The van der Waals surface area contributed by atoms with E-state index in [9.17, 15) is 18.0 Å². The monoisotopic (exact) mass is 335 g/mol. The van der Waals surface area contributed by atoms with Gasteiger partial charge in [0.15, 0.2) is 10.8 Å². The summed E-state index contributed by atoms with van der Waals surface area (Å²) < 4.78 is 37.9. The third-order valence-corrected chi connectivity index (χ3v) is 2.77. The highest BCUT2D eigenvalue weighted by atomic mass is 35.5. The van der Waals surface area contributed by atoms with Crippen molar-refractivity contribution in [2.24, 2.45) is 0 Å². The fourth-order valence-corrected chi connectivity index (χ4v) is 1.79. The Bertz CT molecular complexity index is 674. The Balaban J connectivity index is 2.25. The van der Waals surface area contributed by atoms with E-state index in [0.717, 1.165) is 12.1 Å². The van der Waals surface area contributed by atoms with Crippen LogP contribution in [0.15, 0.2) is 30.3 Å². The maximum absolute atomic E-state index is 12.6. The maximum atomic E-state index is 12.6. The van der Waals surface area contributed by atoms with Gasteiger partial charge in [-0.3, -0.25) is 4.79 Å². The standard InChI is InChI=1S/C12H6Cl2F3N3O/c13-7-3-6(12(15,16)17)4-8(5-7)18-11(21)9-1-2-10(14)20-19-9/h1-5H,(H,18,21). The Morgan fingerprint density at radius 1 is 1.10 bits per heavy atom. The molecule has 0 saturated heterocycles. The Morgan fingerprint density at radius 3 is 2.38 bits per heavy atom. The molecule has 0 aliphatic carbocycles. The molecule has 1 amide bonds. The Morgan fingerprint density at radius 2 is 1.81 bits per heavy atom. The molecule has 0 radical (unpaired) electrons. The van der Waals surface area contributed by atoms with Crippen LogP contribution in [0.2, 0.25) is 10.2 Å². The van der Waals surface area contributed by atoms with E-state index in [0.29, 0.717) is 0 Å². The second-order valence-corrected chi connectivity index (χ2v) is 4.75. The van der Waals surface area contributed by atoms with Crippen LogP contribution in [-0.2, 0) is 6.18 Å². The van der Waals surface area contributed by atoms with Crippen LogP contribution in [0.25, 0.3) is 0 Å². The average Bonchev–Trinajstić information content (AvgIpc) is 2.37. The molecule has 21 heavy (non-hydrogen) atoms. The molecule has 0 aliphatic heterocycles. The maximum Gasteiger partial charge on any atom is 0.416 e. The molecular formula is C12H6Cl2F3N3O. The van der Waals surface area contributed by atoms with Gasteiger partial charge in [-0.1, -0.05) is 23.2 Å². The van der Waals surface area contributed by atoms with Gasteiger partial charge in [-0.2, -0.15) is 13.2 Å². The lowest BCUT2D eigenvalue weighted by Crippen LogP contribution is -2.15. The molecule has 2 rings (SSSR count). The minimum atomic E-state index is -4.57. The summed E-state index contributed by atoms with van der Waals surface area (Å²) in [6, 6.07) is 5.35. The number of hydrogen-bond donors (Lipinski definition) is 1. The smallest absolute Gasteiger partial charge is 0.321 e. The molecule has 0 unspecified atom stereocenters. The van der Waals surface area contributed by atoms with E-state index < -0.39 is 17.6 Å². The predicted octanol–water partition coefficient (Wildman–Crippen LogP) is 4.05. The zero-order chi connectivity index (χ0) is 15.6. The van der Waals surface area contributed by atoms with Crippen molar-refractivity contribution < 1.29 is 18.0 Å². The molecule has 1 aromatic heterocycles. The van der Waals surface area contributed by atoms with E-state index in [4.69, 9.17) is 23.2 Å². The number of aromatic nitrogens is 2. The van der Waals surface area contributed by atoms with Crippen LogP contribution in [0.1, 0.15) is 16.1 Å². The van der Waals surface area contributed by atoms with Gasteiger partial charge in [-0.05, 0) is 30.3 Å². The zero-order valence-electron chi connectivity index (χ0n) is 10.1. The number of carbonyl (C=O) groups excluding carboxylic acids is 1. The number of alkyl halides is 3. The van der Waals surface area contributed by atoms with Crippen LogP contribution in [-0.4, -0.2) is 16.1 Å². The van der Waals surface area contributed by atoms with E-state index in [1.54, 1.807) is 0 Å². The Kier molecular flexibility index (Phi) is 4.34. The second-order valence-electron chi connectivity index (χ2n) is 3.92. The number of halogens is 5. The number of anilines is 1. The predicted molar refractivity (Wildman–Crippen MR) is 71.4 cm³/mol. The summed E-state index contributed by atoms with van der Waals surface area (Å²) in [5, 5.41) is 9.19. The molecule has 0 atom stereocenters. The molecular weight excluding hydrogens is 330 g/mol. The van der Waals surface area contributed by atoms with E-state index in [1.807, 2.05) is 0 Å². The number of nitrogens with one attached hydrogen (secondary N) is 1. The molecule has 9 heteroatoms. The van der Waals surface area contributed by atoms with Gasteiger partial charge in [0, 0.05) is 10.7 Å². The lowest BCUT2D eigenvalue weighted by Gasteiger charge is -2.10. The van der Waals surface area contributed by atoms with Crippen molar-refractivity contribution in [1.82, 2.24) is 10.2 Å². The first-order valence-electron chi connectivity index (χ1n) is 5.44. The van der Waals surface area contributed by atoms with Crippen molar-refractivity contribution in [2.45, 2.75) is 6.18 Å². The molecule has 1 N–H and O–H groups in total. The third-order valence-electron chi connectivity index (χ3n) is 2.35. The number of carbonyl (C=O) groups is 1. The minimum absolute atomic E-state index is 0.0899. The number of benzene rings is 1. The summed E-state index contributed by atoms with van der Waals surface area (Å²) in [5.74, 6) is -0.727. The first-order chi connectivity index (χ1) is 9.75. The van der Waals surface area contributed by atoms with Crippen molar-refractivity contribution in [3.05, 3.63) is 51.8 Å². The molecule has 0 bridgehead atoms. The summed E-state index contributed by atoms with van der Waals surface area (Å²) in [6.07, 6.45) is -4.57. The number of rotatable bonds is 2. The topological polar surface area (TPSA) is 54.9 Å². The highest BCUT2D eigenvalue weighted by Crippen LogP contribution is 2.33. The van der Waals surface area contributed by atoms with Gasteiger partial charge in [-0.25, -0.2) is 0 Å². The van der Waals surface area contributed by atoms with Crippen LogP contribution >= 0.6 is 23.2 Å². The van der Waals surface area contributed by atoms with Gasteiger partial charge >= 0.3 is 6.18 Å². The van der Waals surface area contributed by atoms with Crippen LogP contribution in [0.5, 0.6) is 0 Å². The van der Waals surface area contributed by atoms with Crippen molar-refractivity contribution in [3.8, 4) is 0 Å². The van der Waals surface area contributed by atoms with Gasteiger partial charge in [-0.15, -0.1) is 10.2 Å². The van der Waals surface area contributed by atoms with E-state index in [-0.39, 0.29) is 21.6 Å². The van der Waals surface area contributed by atoms with Crippen molar-refractivity contribution in [2.75, 3.05) is 5.32 Å². The van der Waals surface area contributed by atoms with Crippen molar-refractivity contribution in [3.63, 3.8) is 0 Å². The van der Waals surface area contributed by atoms with Gasteiger partial charge in [0.1, 0.15) is 0 Å². The van der Waals surface area contributed by atoms with Crippen molar-refractivity contribution in [1.29, 1.82) is 0 Å². The van der Waals surface area contributed by atoms with Crippen LogP contribution < -0.4 is 5.32 Å². The van der Waals surface area contributed by atoms with Gasteiger partial charge < -0.3 is 5.32 Å². The summed E-state index contributed by atoms with van der Waals surface area (Å²) >= 11 is 11.1. The lowest BCUT2D eigenvalue weighted by atomic mass is 10.2. The molecule has 110 valence electrons. The second kappa shape index (κ2) is 5.87. The third kappa shape index (κ3) is 4.05. The highest BCUT2D eigenvalue weighted by Gasteiger charge is 2.31. The number of hydrogen-bond acceptors (Lipinski definition) is 3. The van der Waals surface area contributed by atoms with Crippen LogP contribution in [0.3, 0.4) is 0 Å². The van der Waals surface area contributed by atoms with Crippen LogP contribution in [0, 0.1) is 0 Å². The van der Waals surface area contributed by atoms with Gasteiger partial charge in [0.25, 0.3) is 5.91 Å². The van der Waals surface area contributed by atoms with Gasteiger partial charge in [0.2, 0.25) is 0 Å². The van der Waals surface area contributed by atoms with Crippen molar-refractivity contribution >= 4 is 34.8 Å².